The predicted octanol–water partition coefficient (Wildman–Crippen LogP) is 2.78. The van der Waals surface area contributed by atoms with Crippen molar-refractivity contribution in [2.45, 2.75) is 20.1 Å². The molecule has 0 bridgehead atoms. The second-order valence-corrected chi connectivity index (χ2v) is 5.73. The summed E-state index contributed by atoms with van der Waals surface area (Å²) in [6.45, 7) is 2.54. The van der Waals surface area contributed by atoms with Gasteiger partial charge in [0.05, 0.1) is 11.9 Å². The van der Waals surface area contributed by atoms with Crippen molar-refractivity contribution in [3.63, 3.8) is 0 Å². The predicted molar refractivity (Wildman–Crippen MR) is 89.6 cm³/mol. The Morgan fingerprint density at radius 2 is 2.12 bits per heavy atom. The van der Waals surface area contributed by atoms with Gasteiger partial charge in [0.15, 0.2) is 0 Å². The summed E-state index contributed by atoms with van der Waals surface area (Å²) in [4.78, 5) is 16.5. The first-order chi connectivity index (χ1) is 11.7. The lowest BCUT2D eigenvalue weighted by Gasteiger charge is -2.19. The monoisotopic (exact) mass is 320 g/mol. The minimum atomic E-state index is -0.166. The number of amides is 1. The van der Waals surface area contributed by atoms with Crippen molar-refractivity contribution < 1.29 is 9.53 Å². The fourth-order valence-electron chi connectivity index (χ4n) is 2.77. The second-order valence-electron chi connectivity index (χ2n) is 5.73. The van der Waals surface area contributed by atoms with Crippen molar-refractivity contribution in [3.8, 4) is 17.0 Å². The van der Waals surface area contributed by atoms with Crippen LogP contribution >= 0.6 is 0 Å². The van der Waals surface area contributed by atoms with E-state index in [1.807, 2.05) is 37.3 Å². The Morgan fingerprint density at radius 1 is 1.25 bits per heavy atom. The van der Waals surface area contributed by atoms with Gasteiger partial charge in [0.2, 0.25) is 5.91 Å². The van der Waals surface area contributed by atoms with Gasteiger partial charge in [-0.15, -0.1) is 0 Å². The molecule has 0 saturated heterocycles. The van der Waals surface area contributed by atoms with Crippen LogP contribution in [0.15, 0.2) is 48.8 Å². The summed E-state index contributed by atoms with van der Waals surface area (Å²) in [6, 6.07) is 11.5. The molecule has 0 radical (unpaired) electrons. The van der Waals surface area contributed by atoms with Gasteiger partial charge in [0.25, 0.3) is 0 Å². The number of carbonyl (C=O) groups excluding carboxylic acids is 1. The molecule has 0 saturated carbocycles. The SMILES string of the molecule is Cc1ccc(NC(=O)Cn2ncc3c2-c2ccccc2OC3)nc1. The summed E-state index contributed by atoms with van der Waals surface area (Å²) in [5, 5.41) is 7.14. The zero-order valence-electron chi connectivity index (χ0n) is 13.2. The standard InChI is InChI=1S/C18H16N4O2/c1-12-6-7-16(19-8-12)21-17(23)10-22-18-13(9-20-22)11-24-15-5-3-2-4-14(15)18/h2-9H,10-11H2,1H3,(H,19,21,23). The molecular formula is C18H16N4O2. The summed E-state index contributed by atoms with van der Waals surface area (Å²) < 4.78 is 7.42. The van der Waals surface area contributed by atoms with Crippen LogP contribution in [-0.4, -0.2) is 20.7 Å². The van der Waals surface area contributed by atoms with E-state index >= 15 is 0 Å². The molecule has 1 N–H and O–H groups in total. The van der Waals surface area contributed by atoms with Gasteiger partial charge in [-0.1, -0.05) is 18.2 Å². The summed E-state index contributed by atoms with van der Waals surface area (Å²) in [5.74, 6) is 1.18. The number of anilines is 1. The Morgan fingerprint density at radius 3 is 2.96 bits per heavy atom. The van der Waals surface area contributed by atoms with Gasteiger partial charge in [-0.05, 0) is 30.7 Å². The van der Waals surface area contributed by atoms with Gasteiger partial charge >= 0.3 is 0 Å². The van der Waals surface area contributed by atoms with E-state index in [-0.39, 0.29) is 12.5 Å². The maximum Gasteiger partial charge on any atom is 0.247 e. The molecule has 1 aliphatic rings. The molecule has 0 aliphatic carbocycles. The van der Waals surface area contributed by atoms with E-state index in [2.05, 4.69) is 15.4 Å². The van der Waals surface area contributed by atoms with E-state index in [0.717, 1.165) is 28.1 Å². The zero-order chi connectivity index (χ0) is 16.5. The lowest BCUT2D eigenvalue weighted by atomic mass is 10.0. The summed E-state index contributed by atoms with van der Waals surface area (Å²) >= 11 is 0. The number of pyridine rings is 1. The van der Waals surface area contributed by atoms with Crippen LogP contribution in [0, 0.1) is 6.92 Å². The lowest BCUT2D eigenvalue weighted by Crippen LogP contribution is -2.21. The Labute approximate surface area is 139 Å². The van der Waals surface area contributed by atoms with Gasteiger partial charge in [0, 0.05) is 17.3 Å². The first-order valence-electron chi connectivity index (χ1n) is 7.70. The topological polar surface area (TPSA) is 69.0 Å². The first-order valence-corrected chi connectivity index (χ1v) is 7.70. The number of aromatic nitrogens is 3. The zero-order valence-corrected chi connectivity index (χ0v) is 13.2. The van der Waals surface area contributed by atoms with Crippen molar-refractivity contribution in [2.24, 2.45) is 0 Å². The van der Waals surface area contributed by atoms with Crippen LogP contribution in [-0.2, 0) is 17.9 Å². The van der Waals surface area contributed by atoms with E-state index in [9.17, 15) is 4.79 Å². The molecule has 1 aliphatic heterocycles. The van der Waals surface area contributed by atoms with E-state index in [4.69, 9.17) is 4.74 Å². The fourth-order valence-corrected chi connectivity index (χ4v) is 2.77. The normalized spacial score (nSPS) is 12.0. The van der Waals surface area contributed by atoms with Crippen LogP contribution in [0.3, 0.4) is 0 Å². The highest BCUT2D eigenvalue weighted by Gasteiger charge is 2.22. The molecule has 6 nitrogen and oxygen atoms in total. The van der Waals surface area contributed by atoms with E-state index in [1.54, 1.807) is 23.1 Å². The van der Waals surface area contributed by atoms with E-state index in [0.29, 0.717) is 12.4 Å². The Bertz CT molecular complexity index is 900. The minimum Gasteiger partial charge on any atom is -0.488 e. The first kappa shape index (κ1) is 14.4. The molecule has 0 spiro atoms. The number of nitrogens with zero attached hydrogens (tertiary/aromatic N) is 3. The molecule has 0 unspecified atom stereocenters. The number of hydrogen-bond donors (Lipinski definition) is 1. The molecule has 2 aromatic heterocycles. The molecule has 3 heterocycles. The highest BCUT2D eigenvalue weighted by molar-refractivity contribution is 5.90. The quantitative estimate of drug-likeness (QED) is 0.805. The Kier molecular flexibility index (Phi) is 3.49. The van der Waals surface area contributed by atoms with Crippen molar-refractivity contribution in [1.29, 1.82) is 0 Å². The highest BCUT2D eigenvalue weighted by atomic mass is 16.5. The number of hydrogen-bond acceptors (Lipinski definition) is 4. The molecule has 0 fully saturated rings. The van der Waals surface area contributed by atoms with E-state index in [1.165, 1.54) is 0 Å². The molecule has 1 aromatic carbocycles. The maximum absolute atomic E-state index is 12.3. The third-order valence-corrected chi connectivity index (χ3v) is 3.91. The minimum absolute atomic E-state index is 0.124. The van der Waals surface area contributed by atoms with Crippen molar-refractivity contribution >= 4 is 11.7 Å². The molecule has 4 rings (SSSR count). The number of nitrogens with one attached hydrogen (secondary N) is 1. The maximum atomic E-state index is 12.3. The molecule has 24 heavy (non-hydrogen) atoms. The van der Waals surface area contributed by atoms with Crippen LogP contribution in [0.1, 0.15) is 11.1 Å². The number of fused-ring (bicyclic) bond motifs is 3. The Hall–Kier alpha value is -3.15. The molecular weight excluding hydrogens is 304 g/mol. The fraction of sp³-hybridized carbons (Fsp3) is 0.167. The van der Waals surface area contributed by atoms with Crippen LogP contribution in [0.5, 0.6) is 5.75 Å². The molecule has 6 heteroatoms. The van der Waals surface area contributed by atoms with E-state index < -0.39 is 0 Å². The number of carbonyl (C=O) groups is 1. The van der Waals surface area contributed by atoms with Gasteiger partial charge in [0.1, 0.15) is 24.7 Å². The van der Waals surface area contributed by atoms with Gasteiger partial charge in [-0.3, -0.25) is 9.48 Å². The highest BCUT2D eigenvalue weighted by Crippen LogP contribution is 2.36. The van der Waals surface area contributed by atoms with Crippen LogP contribution < -0.4 is 10.1 Å². The van der Waals surface area contributed by atoms with Gasteiger partial charge in [-0.25, -0.2) is 4.98 Å². The summed E-state index contributed by atoms with van der Waals surface area (Å²) in [5.41, 5.74) is 3.92. The molecule has 1 amide bonds. The third kappa shape index (κ3) is 2.62. The molecule has 0 atom stereocenters. The molecule has 3 aromatic rings. The lowest BCUT2D eigenvalue weighted by molar-refractivity contribution is -0.116. The molecule has 120 valence electrons. The average molecular weight is 320 g/mol. The largest absolute Gasteiger partial charge is 0.488 e. The third-order valence-electron chi connectivity index (χ3n) is 3.91. The summed E-state index contributed by atoms with van der Waals surface area (Å²) in [7, 11) is 0. The van der Waals surface area contributed by atoms with Crippen LogP contribution in [0.2, 0.25) is 0 Å². The van der Waals surface area contributed by atoms with Crippen molar-refractivity contribution in [3.05, 3.63) is 59.9 Å². The van der Waals surface area contributed by atoms with Gasteiger partial charge < -0.3 is 10.1 Å². The van der Waals surface area contributed by atoms with Crippen LogP contribution in [0.25, 0.3) is 11.3 Å². The van der Waals surface area contributed by atoms with Gasteiger partial charge in [-0.2, -0.15) is 5.10 Å². The van der Waals surface area contributed by atoms with Crippen molar-refractivity contribution in [1.82, 2.24) is 14.8 Å². The number of benzene rings is 1. The number of aryl methyl sites for hydroxylation is 1. The summed E-state index contributed by atoms with van der Waals surface area (Å²) in [6.07, 6.45) is 3.47. The van der Waals surface area contributed by atoms with Crippen molar-refractivity contribution in [2.75, 3.05) is 5.32 Å². The van der Waals surface area contributed by atoms with Crippen LogP contribution in [0.4, 0.5) is 5.82 Å². The second kappa shape index (κ2) is 5.81. The number of rotatable bonds is 3. The Balaban J connectivity index is 1.57. The number of ether oxygens (including phenoxy) is 1. The average Bonchev–Trinajstić information content (AvgIpc) is 3.00. The number of para-hydroxylation sites is 1. The smallest absolute Gasteiger partial charge is 0.247 e.